The van der Waals surface area contributed by atoms with E-state index < -0.39 is 0 Å². The quantitative estimate of drug-likeness (QED) is 0.679. The van der Waals surface area contributed by atoms with Gasteiger partial charge in [0.15, 0.2) is 0 Å². The maximum atomic E-state index is 13.1. The van der Waals surface area contributed by atoms with Crippen LogP contribution in [0.1, 0.15) is 44.1 Å². The molecule has 1 aliphatic heterocycles. The van der Waals surface area contributed by atoms with Gasteiger partial charge in [-0.2, -0.15) is 0 Å². The molecule has 2 heterocycles. The molecule has 0 bridgehead atoms. The second-order valence-electron chi connectivity index (χ2n) is 8.29. The van der Waals surface area contributed by atoms with Gasteiger partial charge in [0.1, 0.15) is 17.4 Å². The van der Waals surface area contributed by atoms with E-state index in [1.165, 1.54) is 0 Å². The smallest absolute Gasteiger partial charge is 0.225 e. The lowest BCUT2D eigenvalue weighted by atomic mass is 9.94. The van der Waals surface area contributed by atoms with Crippen molar-refractivity contribution in [3.05, 3.63) is 72.0 Å². The molecule has 2 amide bonds. The van der Waals surface area contributed by atoms with Crippen molar-refractivity contribution in [3.8, 4) is 0 Å². The summed E-state index contributed by atoms with van der Waals surface area (Å²) in [4.78, 5) is 27.2. The Labute approximate surface area is 177 Å². The number of fused-ring (bicyclic) bond motifs is 1. The lowest BCUT2D eigenvalue weighted by molar-refractivity contribution is -0.138. The van der Waals surface area contributed by atoms with Crippen molar-refractivity contribution < 1.29 is 14.0 Å². The normalized spacial score (nSPS) is 16.0. The van der Waals surface area contributed by atoms with E-state index in [-0.39, 0.29) is 29.7 Å². The predicted octanol–water partition coefficient (Wildman–Crippen LogP) is 4.53. The largest absolute Gasteiger partial charge is 0.459 e. The summed E-state index contributed by atoms with van der Waals surface area (Å²) in [6.45, 7) is 5.10. The zero-order valence-corrected chi connectivity index (χ0v) is 17.5. The van der Waals surface area contributed by atoms with E-state index in [1.54, 1.807) is 0 Å². The summed E-state index contributed by atoms with van der Waals surface area (Å²) in [6.07, 6.45) is 1.37. The maximum absolute atomic E-state index is 13.1. The minimum atomic E-state index is -0.346. The average Bonchev–Trinajstić information content (AvgIpc) is 3.21. The lowest BCUT2D eigenvalue weighted by Gasteiger charge is -2.33. The summed E-state index contributed by atoms with van der Waals surface area (Å²) >= 11 is 0. The first kappa shape index (κ1) is 20.2. The minimum absolute atomic E-state index is 0.00841. The highest BCUT2D eigenvalue weighted by atomic mass is 16.3. The molecule has 3 aromatic rings. The fraction of sp³-hybridized carbons (Fsp3) is 0.360. The van der Waals surface area contributed by atoms with Gasteiger partial charge >= 0.3 is 0 Å². The number of hydrogen-bond donors (Lipinski definition) is 1. The fourth-order valence-electron chi connectivity index (χ4n) is 4.10. The maximum Gasteiger partial charge on any atom is 0.225 e. The molecule has 2 aromatic carbocycles. The second kappa shape index (κ2) is 8.74. The third kappa shape index (κ3) is 4.25. The molecule has 0 spiro atoms. The Bertz CT molecular complexity index is 984. The van der Waals surface area contributed by atoms with Crippen LogP contribution in [0.3, 0.4) is 0 Å². The van der Waals surface area contributed by atoms with Gasteiger partial charge < -0.3 is 14.6 Å². The van der Waals surface area contributed by atoms with E-state index >= 15 is 0 Å². The van der Waals surface area contributed by atoms with Crippen LogP contribution in [0.15, 0.2) is 65.1 Å². The Morgan fingerprint density at radius 2 is 1.67 bits per heavy atom. The zero-order chi connectivity index (χ0) is 21.1. The Kier molecular flexibility index (Phi) is 5.88. The van der Waals surface area contributed by atoms with Crippen LogP contribution < -0.4 is 5.32 Å². The van der Waals surface area contributed by atoms with Gasteiger partial charge in [-0.05, 0) is 30.5 Å². The highest BCUT2D eigenvalue weighted by Crippen LogP contribution is 2.29. The molecule has 156 valence electrons. The highest BCUT2D eigenvalue weighted by molar-refractivity contribution is 5.82. The van der Waals surface area contributed by atoms with Crippen LogP contribution >= 0.6 is 0 Å². The third-order valence-corrected chi connectivity index (χ3v) is 5.82. The number of carbonyl (C=O) groups excluding carboxylic acids is 2. The summed E-state index contributed by atoms with van der Waals surface area (Å²) < 4.78 is 6.08. The van der Waals surface area contributed by atoms with E-state index in [2.05, 4.69) is 5.32 Å². The monoisotopic (exact) mass is 404 g/mol. The summed E-state index contributed by atoms with van der Waals surface area (Å²) in [5, 5.41) is 4.23. The van der Waals surface area contributed by atoms with Gasteiger partial charge in [0, 0.05) is 30.3 Å². The molecular weight excluding hydrogens is 376 g/mol. The van der Waals surface area contributed by atoms with Gasteiger partial charge in [-0.1, -0.05) is 62.4 Å². The van der Waals surface area contributed by atoms with Gasteiger partial charge in [0.2, 0.25) is 11.8 Å². The zero-order valence-electron chi connectivity index (χ0n) is 17.5. The molecular formula is C25H28N2O3. The third-order valence-electron chi connectivity index (χ3n) is 5.82. The van der Waals surface area contributed by atoms with Crippen LogP contribution in [-0.4, -0.2) is 29.8 Å². The summed E-state index contributed by atoms with van der Waals surface area (Å²) in [5.74, 6) is 0.796. The molecule has 0 saturated carbocycles. The topological polar surface area (TPSA) is 62.6 Å². The summed E-state index contributed by atoms with van der Waals surface area (Å²) in [5.41, 5.74) is 1.79. The van der Waals surface area contributed by atoms with Crippen molar-refractivity contribution in [1.82, 2.24) is 10.2 Å². The molecule has 1 fully saturated rings. The van der Waals surface area contributed by atoms with E-state index in [1.807, 2.05) is 79.4 Å². The predicted molar refractivity (Wildman–Crippen MR) is 117 cm³/mol. The number of furan rings is 1. The van der Waals surface area contributed by atoms with Crippen molar-refractivity contribution >= 4 is 22.8 Å². The summed E-state index contributed by atoms with van der Waals surface area (Å²) in [6, 6.07) is 19.4. The molecule has 1 unspecified atom stereocenters. The first-order valence-corrected chi connectivity index (χ1v) is 10.7. The first-order chi connectivity index (χ1) is 14.5. The number of carbonyl (C=O) groups is 2. The Balaban J connectivity index is 1.51. The Hall–Kier alpha value is -3.08. The second-order valence-corrected chi connectivity index (χ2v) is 8.29. The average molecular weight is 405 g/mol. The molecule has 4 rings (SSSR count). The van der Waals surface area contributed by atoms with E-state index in [0.717, 1.165) is 22.3 Å². The number of nitrogens with one attached hydrogen (secondary N) is 1. The molecule has 1 saturated heterocycles. The van der Waals surface area contributed by atoms with Gasteiger partial charge in [-0.15, -0.1) is 0 Å². The molecule has 1 aromatic heterocycles. The molecule has 0 radical (unpaired) electrons. The van der Waals surface area contributed by atoms with E-state index in [0.29, 0.717) is 25.9 Å². The van der Waals surface area contributed by atoms with Crippen molar-refractivity contribution in [2.24, 2.45) is 11.8 Å². The molecule has 5 heteroatoms. The van der Waals surface area contributed by atoms with Gasteiger partial charge in [0.25, 0.3) is 0 Å². The van der Waals surface area contributed by atoms with Crippen LogP contribution in [0.25, 0.3) is 11.0 Å². The van der Waals surface area contributed by atoms with Crippen LogP contribution in [-0.2, 0) is 9.59 Å². The van der Waals surface area contributed by atoms with Gasteiger partial charge in [0.05, 0.1) is 0 Å². The van der Waals surface area contributed by atoms with Crippen molar-refractivity contribution in [2.45, 2.75) is 32.7 Å². The number of likely N-dealkylation sites (tertiary alicyclic amines) is 1. The molecule has 1 aliphatic rings. The number of benzene rings is 2. The number of nitrogens with zero attached hydrogens (tertiary/aromatic N) is 1. The van der Waals surface area contributed by atoms with Crippen LogP contribution in [0, 0.1) is 11.8 Å². The van der Waals surface area contributed by atoms with Gasteiger partial charge in [-0.3, -0.25) is 9.59 Å². The van der Waals surface area contributed by atoms with Crippen LogP contribution in [0.5, 0.6) is 0 Å². The molecule has 30 heavy (non-hydrogen) atoms. The number of piperidine rings is 1. The molecule has 1 atom stereocenters. The van der Waals surface area contributed by atoms with Crippen LogP contribution in [0.2, 0.25) is 0 Å². The number of para-hydroxylation sites is 1. The highest BCUT2D eigenvalue weighted by Gasteiger charge is 2.30. The minimum Gasteiger partial charge on any atom is -0.459 e. The molecule has 5 nitrogen and oxygen atoms in total. The fourth-order valence-corrected chi connectivity index (χ4v) is 4.10. The molecule has 0 aliphatic carbocycles. The Morgan fingerprint density at radius 3 is 2.33 bits per heavy atom. The van der Waals surface area contributed by atoms with E-state index in [4.69, 9.17) is 4.42 Å². The van der Waals surface area contributed by atoms with Crippen molar-refractivity contribution in [1.29, 1.82) is 0 Å². The number of amides is 2. The number of hydrogen-bond acceptors (Lipinski definition) is 3. The number of rotatable bonds is 5. The standard InChI is InChI=1S/C25H28N2O3/c1-17(2)25(29)27-14-12-19(13-15-27)24(28)26-23(18-8-4-3-5-9-18)22-16-20-10-6-7-11-21(20)30-22/h3-11,16-17,19,23H,12-15H2,1-2H3,(H,26,28). The molecule has 1 N–H and O–H groups in total. The summed E-state index contributed by atoms with van der Waals surface area (Å²) in [7, 11) is 0. The van der Waals surface area contributed by atoms with E-state index in [9.17, 15) is 9.59 Å². The van der Waals surface area contributed by atoms with Gasteiger partial charge in [-0.25, -0.2) is 0 Å². The van der Waals surface area contributed by atoms with Crippen LogP contribution in [0.4, 0.5) is 0 Å². The van der Waals surface area contributed by atoms with Crippen molar-refractivity contribution in [2.75, 3.05) is 13.1 Å². The Morgan fingerprint density at radius 1 is 1.00 bits per heavy atom. The lowest BCUT2D eigenvalue weighted by Crippen LogP contribution is -2.45. The SMILES string of the molecule is CC(C)C(=O)N1CCC(C(=O)NC(c2ccccc2)c2cc3ccccc3o2)CC1. The first-order valence-electron chi connectivity index (χ1n) is 10.7. The van der Waals surface area contributed by atoms with Crippen molar-refractivity contribution in [3.63, 3.8) is 0 Å².